The molecule has 0 fully saturated rings. The van der Waals surface area contributed by atoms with Crippen LogP contribution in [0.3, 0.4) is 0 Å². The molecule has 180 valence electrons. The molecular formula is C26H29N7O2. The molecule has 35 heavy (non-hydrogen) atoms. The Kier molecular flexibility index (Phi) is 7.09. The summed E-state index contributed by atoms with van der Waals surface area (Å²) in [6.45, 7) is 0. The van der Waals surface area contributed by atoms with Crippen LogP contribution in [0, 0.1) is 0 Å². The third-order valence-electron chi connectivity index (χ3n) is 6.09. The maximum Gasteiger partial charge on any atom is 0.333 e. The van der Waals surface area contributed by atoms with E-state index in [0.29, 0.717) is 16.9 Å². The van der Waals surface area contributed by atoms with E-state index in [1.807, 2.05) is 24.3 Å². The molecule has 1 aromatic heterocycles. The van der Waals surface area contributed by atoms with Crippen LogP contribution < -0.4 is 33.2 Å². The smallest absolute Gasteiger partial charge is 0.333 e. The lowest BCUT2D eigenvalue weighted by atomic mass is 9.99. The summed E-state index contributed by atoms with van der Waals surface area (Å²) in [5, 5.41) is 4.52. The molecular weight excluding hydrogens is 442 g/mol. The van der Waals surface area contributed by atoms with E-state index >= 15 is 0 Å². The van der Waals surface area contributed by atoms with Gasteiger partial charge >= 0.3 is 12.1 Å². The number of hydrogen-bond donors (Lipinski definition) is 4. The highest BCUT2D eigenvalue weighted by Gasteiger charge is 2.15. The topological polar surface area (TPSA) is 158 Å². The first-order valence-corrected chi connectivity index (χ1v) is 11.4. The van der Waals surface area contributed by atoms with E-state index in [0.717, 1.165) is 64.0 Å². The van der Waals surface area contributed by atoms with Crippen molar-refractivity contribution in [2.75, 3.05) is 10.0 Å². The van der Waals surface area contributed by atoms with Crippen molar-refractivity contribution in [1.29, 1.82) is 0 Å². The molecule has 4 aromatic rings. The molecule has 0 unspecified atom stereocenters. The molecule has 0 aliphatic rings. The van der Waals surface area contributed by atoms with E-state index in [4.69, 9.17) is 28.1 Å². The van der Waals surface area contributed by atoms with Gasteiger partial charge in [0, 0.05) is 16.5 Å². The highest BCUT2D eigenvalue weighted by Crippen LogP contribution is 2.32. The van der Waals surface area contributed by atoms with Gasteiger partial charge < -0.3 is 11.5 Å². The summed E-state index contributed by atoms with van der Waals surface area (Å²) in [5.41, 5.74) is 14.5. The highest BCUT2D eigenvalue weighted by atomic mass is 16.2. The average Bonchev–Trinajstić information content (AvgIpc) is 2.87. The zero-order valence-corrected chi connectivity index (χ0v) is 19.4. The largest absolute Gasteiger partial charge is 0.350 e. The van der Waals surface area contributed by atoms with Gasteiger partial charge in [0.15, 0.2) is 0 Å². The molecule has 0 atom stereocenters. The fraction of sp³-hybridized carbons (Fsp3) is 0.192. The zero-order chi connectivity index (χ0) is 24.9. The molecule has 0 saturated carbocycles. The first kappa shape index (κ1) is 23.9. The number of rotatable bonds is 8. The summed E-state index contributed by atoms with van der Waals surface area (Å²) in [4.78, 5) is 28.0. The van der Waals surface area contributed by atoms with Crippen molar-refractivity contribution in [1.82, 2.24) is 4.98 Å². The van der Waals surface area contributed by atoms with Gasteiger partial charge in [-0.05, 0) is 60.9 Å². The van der Waals surface area contributed by atoms with Gasteiger partial charge in [-0.3, -0.25) is 4.98 Å². The lowest BCUT2D eigenvalue weighted by molar-refractivity contribution is 0.253. The Bertz CT molecular complexity index is 1370. The predicted octanol–water partition coefficient (Wildman–Crippen LogP) is 3.86. The van der Waals surface area contributed by atoms with Gasteiger partial charge in [0.1, 0.15) is 0 Å². The molecule has 8 N–H and O–H groups in total. The van der Waals surface area contributed by atoms with E-state index < -0.39 is 12.1 Å². The molecule has 0 aliphatic carbocycles. The van der Waals surface area contributed by atoms with Crippen LogP contribution in [0.25, 0.3) is 21.7 Å². The number of nitrogens with two attached hydrogens (primary N) is 4. The van der Waals surface area contributed by atoms with Crippen molar-refractivity contribution >= 4 is 45.1 Å². The number of aryl methyl sites for hydroxylation is 2. The number of fused-ring (bicyclic) bond motifs is 3. The van der Waals surface area contributed by atoms with E-state index in [2.05, 4.69) is 24.3 Å². The summed E-state index contributed by atoms with van der Waals surface area (Å²) in [6.07, 6.45) is 4.82. The third kappa shape index (κ3) is 5.32. The Morgan fingerprint density at radius 2 is 1.29 bits per heavy atom. The zero-order valence-electron chi connectivity index (χ0n) is 19.4. The van der Waals surface area contributed by atoms with E-state index in [9.17, 15) is 9.59 Å². The Labute approximate surface area is 203 Å². The molecule has 0 saturated heterocycles. The van der Waals surface area contributed by atoms with Gasteiger partial charge in [-0.25, -0.2) is 31.3 Å². The normalized spacial score (nSPS) is 11.0. The number of pyridine rings is 1. The first-order valence-electron chi connectivity index (χ1n) is 11.4. The molecule has 4 rings (SSSR count). The van der Waals surface area contributed by atoms with Crippen LogP contribution in [0.4, 0.5) is 21.0 Å². The minimum absolute atomic E-state index is 0.448. The second-order valence-electron chi connectivity index (χ2n) is 8.45. The number of primary amides is 2. The summed E-state index contributed by atoms with van der Waals surface area (Å²) < 4.78 is 0. The average molecular weight is 472 g/mol. The van der Waals surface area contributed by atoms with E-state index in [1.54, 1.807) is 18.2 Å². The number of hydrogen-bond acceptors (Lipinski definition) is 5. The number of unbranched alkanes of at least 4 members (excludes halogenated alkanes) is 2. The summed E-state index contributed by atoms with van der Waals surface area (Å²) in [5.74, 6) is 11.6. The van der Waals surface area contributed by atoms with Crippen LogP contribution in [-0.4, -0.2) is 17.0 Å². The van der Waals surface area contributed by atoms with Crippen LogP contribution in [0.2, 0.25) is 0 Å². The van der Waals surface area contributed by atoms with Crippen molar-refractivity contribution in [2.45, 2.75) is 32.1 Å². The second kappa shape index (κ2) is 10.4. The van der Waals surface area contributed by atoms with Crippen LogP contribution >= 0.6 is 0 Å². The quantitative estimate of drug-likeness (QED) is 0.101. The Morgan fingerprint density at radius 1 is 0.686 bits per heavy atom. The Morgan fingerprint density at radius 3 is 1.94 bits per heavy atom. The van der Waals surface area contributed by atoms with E-state index in [1.165, 1.54) is 5.56 Å². The number of anilines is 2. The van der Waals surface area contributed by atoms with Crippen molar-refractivity contribution in [3.05, 3.63) is 78.0 Å². The van der Waals surface area contributed by atoms with Gasteiger partial charge in [-0.2, -0.15) is 0 Å². The van der Waals surface area contributed by atoms with Crippen LogP contribution in [0.5, 0.6) is 0 Å². The molecule has 3 aromatic carbocycles. The monoisotopic (exact) mass is 471 g/mol. The Balaban J connectivity index is 1.66. The molecule has 4 amide bonds. The molecule has 1 heterocycles. The summed E-state index contributed by atoms with van der Waals surface area (Å²) in [6, 6.07) is 19.7. The number of urea groups is 2. The fourth-order valence-corrected chi connectivity index (χ4v) is 4.24. The number of carbonyl (C=O) groups excluding carboxylic acids is 2. The Hall–Kier alpha value is -4.21. The number of amides is 4. The van der Waals surface area contributed by atoms with Crippen molar-refractivity contribution < 1.29 is 9.59 Å². The van der Waals surface area contributed by atoms with Crippen molar-refractivity contribution in [2.24, 2.45) is 23.2 Å². The molecule has 9 nitrogen and oxygen atoms in total. The second-order valence-corrected chi connectivity index (χ2v) is 8.45. The fourth-order valence-electron chi connectivity index (χ4n) is 4.24. The van der Waals surface area contributed by atoms with E-state index in [-0.39, 0.29) is 0 Å². The van der Waals surface area contributed by atoms with Crippen LogP contribution in [0.15, 0.2) is 66.7 Å². The van der Waals surface area contributed by atoms with Gasteiger partial charge in [0.2, 0.25) is 0 Å². The minimum atomic E-state index is -0.761. The molecule has 0 spiro atoms. The van der Waals surface area contributed by atoms with Gasteiger partial charge in [0.25, 0.3) is 0 Å². The molecule has 9 heteroatoms. The highest BCUT2D eigenvalue weighted by molar-refractivity contribution is 6.09. The maximum absolute atomic E-state index is 11.6. The molecule has 0 aliphatic heterocycles. The number of aromatic nitrogens is 1. The van der Waals surface area contributed by atoms with Crippen LogP contribution in [-0.2, 0) is 12.8 Å². The van der Waals surface area contributed by atoms with Gasteiger partial charge in [-0.1, -0.05) is 48.9 Å². The van der Waals surface area contributed by atoms with Crippen molar-refractivity contribution in [3.8, 4) is 0 Å². The number of hydrazine groups is 2. The summed E-state index contributed by atoms with van der Waals surface area (Å²) in [7, 11) is 0. The van der Waals surface area contributed by atoms with Gasteiger partial charge in [-0.15, -0.1) is 0 Å². The minimum Gasteiger partial charge on any atom is -0.350 e. The first-order chi connectivity index (χ1) is 16.8. The lowest BCUT2D eigenvalue weighted by Crippen LogP contribution is -2.41. The number of benzene rings is 3. The number of carbonyl (C=O) groups is 2. The lowest BCUT2D eigenvalue weighted by Gasteiger charge is -2.18. The SMILES string of the molecule is NC(=O)N(N)c1ccc2c(c1)nc(CCCCCc1ccccc1)c1cc(N(N)C(N)=O)ccc12. The molecule has 0 bridgehead atoms. The number of nitrogens with zero attached hydrogens (tertiary/aromatic N) is 3. The van der Waals surface area contributed by atoms with Gasteiger partial charge in [0.05, 0.1) is 16.9 Å². The standard InChI is InChI=1S/C26H29N7O2/c27-25(34)32(29)18-11-13-20-21-14-12-19(33(30)26(28)35)16-24(21)31-23(22(20)15-18)10-6-2-5-9-17-7-3-1-4-8-17/h1,3-4,7-8,11-16H,2,5-6,9-10,29-30H2,(H2,27,34)(H2,28,35). The predicted molar refractivity (Wildman–Crippen MR) is 139 cm³/mol. The summed E-state index contributed by atoms with van der Waals surface area (Å²) >= 11 is 0. The third-order valence-corrected chi connectivity index (χ3v) is 6.09. The van der Waals surface area contributed by atoms with Crippen molar-refractivity contribution in [3.63, 3.8) is 0 Å². The molecule has 0 radical (unpaired) electrons. The van der Waals surface area contributed by atoms with Crippen LogP contribution in [0.1, 0.15) is 30.5 Å². The maximum atomic E-state index is 11.6.